The summed E-state index contributed by atoms with van der Waals surface area (Å²) in [5.74, 6) is 0. The molecule has 0 saturated carbocycles. The van der Waals surface area contributed by atoms with Gasteiger partial charge in [0.05, 0.1) is 21.1 Å². The van der Waals surface area contributed by atoms with E-state index in [4.69, 9.17) is 4.52 Å². The molecule has 0 fully saturated rings. The summed E-state index contributed by atoms with van der Waals surface area (Å²) in [6.07, 6.45) is 24.3. The molecule has 0 spiro atoms. The van der Waals surface area contributed by atoms with Crippen molar-refractivity contribution in [1.29, 1.82) is 0 Å². The van der Waals surface area contributed by atoms with Gasteiger partial charge in [0.25, 0.3) is 0 Å². The van der Waals surface area contributed by atoms with Crippen LogP contribution < -0.4 is 0 Å². The molecule has 0 saturated heterocycles. The number of hydrogen-bond acceptors (Lipinski definition) is 2. The zero-order valence-corrected chi connectivity index (χ0v) is 21.9. The van der Waals surface area contributed by atoms with Gasteiger partial charge in [-0.2, -0.15) is 0 Å². The Morgan fingerprint density at radius 2 is 0.967 bits per heavy atom. The number of likely N-dealkylation sites (N-methyl/N-ethyl adjacent to an activating group) is 1. The van der Waals surface area contributed by atoms with Crippen LogP contribution in [0.1, 0.15) is 122 Å². The van der Waals surface area contributed by atoms with Crippen LogP contribution in [-0.2, 0) is 9.09 Å². The molecule has 0 aliphatic carbocycles. The second-order valence-electron chi connectivity index (χ2n) is 10.2. The third kappa shape index (κ3) is 24.4. The molecule has 0 radical (unpaired) electrons. The van der Waals surface area contributed by atoms with Crippen LogP contribution in [0.5, 0.6) is 0 Å². The van der Waals surface area contributed by atoms with Crippen molar-refractivity contribution in [3.05, 3.63) is 0 Å². The average Bonchev–Trinajstić information content (AvgIpc) is 2.65. The zero-order valence-electron chi connectivity index (χ0n) is 21.0. The van der Waals surface area contributed by atoms with E-state index in [2.05, 4.69) is 28.1 Å². The molecule has 0 aliphatic heterocycles. The van der Waals surface area contributed by atoms with Gasteiger partial charge in [0, 0.05) is 6.16 Å². The van der Waals surface area contributed by atoms with Gasteiger partial charge in [-0.3, -0.25) is 4.57 Å². The lowest BCUT2D eigenvalue weighted by molar-refractivity contribution is -0.870. The standard InChI is InChI=1S/C25H54NO3P/c1-5-6-7-8-9-10-11-12-13-14-15-16-17-18-19-20-21-22-25-30(27,28)29-24-23-26(2,3)4/h5-25H2,1-4H3/p+1. The molecule has 0 amide bonds. The molecule has 0 aromatic heterocycles. The maximum atomic E-state index is 12.0. The van der Waals surface area contributed by atoms with Crippen molar-refractivity contribution in [3.63, 3.8) is 0 Å². The summed E-state index contributed by atoms with van der Waals surface area (Å²) in [6, 6.07) is 0. The van der Waals surface area contributed by atoms with Crippen molar-refractivity contribution in [2.75, 3.05) is 40.5 Å². The summed E-state index contributed by atoms with van der Waals surface area (Å²) < 4.78 is 18.0. The van der Waals surface area contributed by atoms with Crippen LogP contribution in [0.25, 0.3) is 0 Å². The summed E-state index contributed by atoms with van der Waals surface area (Å²) in [5, 5.41) is 0. The average molecular weight is 449 g/mol. The fraction of sp³-hybridized carbons (Fsp3) is 1.00. The van der Waals surface area contributed by atoms with Crippen LogP contribution in [0, 0.1) is 0 Å². The van der Waals surface area contributed by atoms with E-state index in [-0.39, 0.29) is 0 Å². The van der Waals surface area contributed by atoms with Crippen LogP contribution in [0.2, 0.25) is 0 Å². The molecule has 0 aliphatic rings. The largest absolute Gasteiger partial charge is 0.329 e. The Balaban J connectivity index is 3.26. The zero-order chi connectivity index (χ0) is 22.6. The minimum Gasteiger partial charge on any atom is -0.329 e. The van der Waals surface area contributed by atoms with E-state index in [1.807, 2.05) is 0 Å². The monoisotopic (exact) mass is 448 g/mol. The molecule has 0 aromatic carbocycles. The maximum absolute atomic E-state index is 12.0. The molecule has 4 nitrogen and oxygen atoms in total. The molecule has 1 N–H and O–H groups in total. The Hall–Kier alpha value is 0.110. The molecular formula is C25H55NO3P+. The van der Waals surface area contributed by atoms with Crippen molar-refractivity contribution in [1.82, 2.24) is 0 Å². The van der Waals surface area contributed by atoms with Crippen LogP contribution in [0.15, 0.2) is 0 Å². The van der Waals surface area contributed by atoms with Crippen molar-refractivity contribution in [3.8, 4) is 0 Å². The van der Waals surface area contributed by atoms with Gasteiger partial charge in [0.1, 0.15) is 13.2 Å². The van der Waals surface area contributed by atoms with Crippen molar-refractivity contribution < 1.29 is 18.5 Å². The van der Waals surface area contributed by atoms with Gasteiger partial charge in [-0.1, -0.05) is 116 Å². The van der Waals surface area contributed by atoms with Crippen LogP contribution in [-0.4, -0.2) is 49.8 Å². The topological polar surface area (TPSA) is 46.5 Å². The van der Waals surface area contributed by atoms with Crippen molar-refractivity contribution in [2.45, 2.75) is 122 Å². The molecule has 0 bridgehead atoms. The van der Waals surface area contributed by atoms with Crippen molar-refractivity contribution in [2.24, 2.45) is 0 Å². The van der Waals surface area contributed by atoms with E-state index in [9.17, 15) is 9.46 Å². The lowest BCUT2D eigenvalue weighted by Gasteiger charge is -2.24. The maximum Gasteiger partial charge on any atom is 0.328 e. The van der Waals surface area contributed by atoms with Gasteiger partial charge in [-0.15, -0.1) is 0 Å². The number of rotatable bonds is 23. The highest BCUT2D eigenvalue weighted by Crippen LogP contribution is 2.42. The second-order valence-corrected chi connectivity index (χ2v) is 12.2. The summed E-state index contributed by atoms with van der Waals surface area (Å²) in [6.45, 7) is 3.39. The van der Waals surface area contributed by atoms with Crippen LogP contribution in [0.4, 0.5) is 0 Å². The third-order valence-electron chi connectivity index (χ3n) is 5.85. The Kier molecular flexibility index (Phi) is 19.8. The predicted molar refractivity (Wildman–Crippen MR) is 132 cm³/mol. The molecule has 182 valence electrons. The molecule has 0 aromatic rings. The second kappa shape index (κ2) is 19.8. The number of nitrogens with zero attached hydrogens (tertiary/aromatic N) is 1. The SMILES string of the molecule is CCCCCCCCCCCCCCCCCCCCP(=O)(O)OCC[N+](C)(C)C. The van der Waals surface area contributed by atoms with E-state index in [0.717, 1.165) is 23.9 Å². The van der Waals surface area contributed by atoms with E-state index in [0.29, 0.717) is 12.8 Å². The van der Waals surface area contributed by atoms with Crippen molar-refractivity contribution >= 4 is 7.60 Å². The normalized spacial score (nSPS) is 14.2. The number of unbranched alkanes of at least 4 members (excludes halogenated alkanes) is 17. The number of hydrogen-bond donors (Lipinski definition) is 1. The highest BCUT2D eigenvalue weighted by atomic mass is 31.2. The first-order valence-electron chi connectivity index (χ1n) is 13.0. The summed E-state index contributed by atoms with van der Waals surface area (Å²) in [5.41, 5.74) is 0. The van der Waals surface area contributed by atoms with Gasteiger partial charge >= 0.3 is 7.60 Å². The number of quaternary nitrogens is 1. The van der Waals surface area contributed by atoms with Crippen LogP contribution >= 0.6 is 7.60 Å². The summed E-state index contributed by atoms with van der Waals surface area (Å²) in [7, 11) is 2.80. The first kappa shape index (κ1) is 30.1. The van der Waals surface area contributed by atoms with Gasteiger partial charge in [-0.25, -0.2) is 0 Å². The smallest absolute Gasteiger partial charge is 0.328 e. The molecule has 30 heavy (non-hydrogen) atoms. The molecule has 1 atom stereocenters. The minimum atomic E-state index is -3.38. The lowest BCUT2D eigenvalue weighted by Crippen LogP contribution is -2.37. The van der Waals surface area contributed by atoms with E-state index in [1.165, 1.54) is 103 Å². The fourth-order valence-electron chi connectivity index (χ4n) is 3.74. The highest BCUT2D eigenvalue weighted by Gasteiger charge is 2.20. The molecular weight excluding hydrogens is 393 g/mol. The molecule has 5 heteroatoms. The van der Waals surface area contributed by atoms with E-state index in [1.54, 1.807) is 0 Å². The first-order valence-corrected chi connectivity index (χ1v) is 14.8. The molecule has 0 rings (SSSR count). The minimum absolute atomic E-state index is 0.308. The van der Waals surface area contributed by atoms with E-state index >= 15 is 0 Å². The lowest BCUT2D eigenvalue weighted by atomic mass is 10.0. The molecule has 1 unspecified atom stereocenters. The Morgan fingerprint density at radius 1 is 0.633 bits per heavy atom. The quantitative estimate of drug-likeness (QED) is 0.0980. The first-order chi connectivity index (χ1) is 14.3. The van der Waals surface area contributed by atoms with Crippen LogP contribution in [0.3, 0.4) is 0 Å². The molecule has 0 heterocycles. The Labute approximate surface area is 189 Å². The fourth-order valence-corrected chi connectivity index (χ4v) is 4.85. The van der Waals surface area contributed by atoms with Gasteiger partial charge in [-0.05, 0) is 6.42 Å². The summed E-state index contributed by atoms with van der Waals surface area (Å²) in [4.78, 5) is 9.87. The van der Waals surface area contributed by atoms with E-state index < -0.39 is 7.60 Å². The van der Waals surface area contributed by atoms with Gasteiger partial charge < -0.3 is 13.9 Å². The Bertz CT molecular complexity index is 410. The third-order valence-corrected chi connectivity index (χ3v) is 7.32. The van der Waals surface area contributed by atoms with Gasteiger partial charge in [0.2, 0.25) is 0 Å². The predicted octanol–water partition coefficient (Wildman–Crippen LogP) is 7.94. The van der Waals surface area contributed by atoms with Gasteiger partial charge in [0.15, 0.2) is 0 Å². The Morgan fingerprint density at radius 3 is 1.30 bits per heavy atom. The highest BCUT2D eigenvalue weighted by molar-refractivity contribution is 7.52. The summed E-state index contributed by atoms with van der Waals surface area (Å²) >= 11 is 0.